The number of aliphatic hydroxyl groups excluding tert-OH is 1. The van der Waals surface area contributed by atoms with Crippen LogP contribution in [0, 0.1) is 0 Å². The fourth-order valence-electron chi connectivity index (χ4n) is 4.93. The largest absolute Gasteiger partial charge is 0.482 e. The van der Waals surface area contributed by atoms with Gasteiger partial charge in [-0.1, -0.05) is 36.9 Å². The molecule has 2 aliphatic rings. The molecule has 2 aromatic carbocycles. The second-order valence-electron chi connectivity index (χ2n) is 10.6. The van der Waals surface area contributed by atoms with E-state index >= 15 is 0 Å². The van der Waals surface area contributed by atoms with Crippen LogP contribution >= 0.6 is 0 Å². The molecule has 1 unspecified atom stereocenters. The number of benzene rings is 2. The van der Waals surface area contributed by atoms with Crippen LogP contribution in [0.1, 0.15) is 34.3 Å². The third kappa shape index (κ3) is 10.3. The summed E-state index contributed by atoms with van der Waals surface area (Å²) in [6, 6.07) is 12.1. The predicted molar refractivity (Wildman–Crippen MR) is 167 cm³/mol. The Bertz CT molecular complexity index is 1370. The summed E-state index contributed by atoms with van der Waals surface area (Å²) in [6.45, 7) is 5.44. The normalized spacial score (nSPS) is 15.7. The summed E-state index contributed by atoms with van der Waals surface area (Å²) in [4.78, 5) is 52.7. The Hall–Kier alpha value is -4.50. The lowest BCUT2D eigenvalue weighted by molar-refractivity contribution is -0.126. The fourth-order valence-corrected chi connectivity index (χ4v) is 4.93. The van der Waals surface area contributed by atoms with Crippen LogP contribution in [0.15, 0.2) is 54.7 Å². The van der Waals surface area contributed by atoms with Crippen molar-refractivity contribution in [3.63, 3.8) is 0 Å². The van der Waals surface area contributed by atoms with Gasteiger partial charge in [0.25, 0.3) is 11.8 Å². The second-order valence-corrected chi connectivity index (χ2v) is 10.6. The second kappa shape index (κ2) is 17.8. The van der Waals surface area contributed by atoms with Crippen molar-refractivity contribution in [1.29, 1.82) is 0 Å². The lowest BCUT2D eigenvalue weighted by Gasteiger charge is -2.30. The van der Waals surface area contributed by atoms with Crippen LogP contribution in [-0.4, -0.2) is 99.2 Å². The fraction of sp³-hybridized carbons (Fsp3) is 0.438. The standard InChI is InChI=1S/C32H41N5O9/c1-22-7-8-27(31(41)36-22)37-19-24-15-28(46-20-30(40)33-9-10-43-11-12-44-13-14-45-21-38)26(16-25(24)32(37)42)34-18-29(39)35-17-23-5-3-2-4-6-23/h2-6,15-16,27,34,38H,1,7-14,17-21H2,(H,33,40)(H,35,39)(H,36,41). The van der Waals surface area contributed by atoms with Gasteiger partial charge in [0.05, 0.1) is 45.3 Å². The van der Waals surface area contributed by atoms with Gasteiger partial charge in [0.2, 0.25) is 11.8 Å². The molecule has 0 aliphatic carbocycles. The number of piperidine rings is 1. The van der Waals surface area contributed by atoms with E-state index in [4.69, 9.17) is 24.1 Å². The number of allylic oxidation sites excluding steroid dienone is 1. The quantitative estimate of drug-likeness (QED) is 0.108. The Kier molecular flexibility index (Phi) is 13.3. The highest BCUT2D eigenvalue weighted by Crippen LogP contribution is 2.35. The third-order valence-electron chi connectivity index (χ3n) is 7.27. The number of anilines is 1. The molecule has 2 heterocycles. The van der Waals surface area contributed by atoms with Gasteiger partial charge < -0.3 is 50.2 Å². The van der Waals surface area contributed by atoms with E-state index in [-0.39, 0.29) is 69.9 Å². The van der Waals surface area contributed by atoms with Crippen LogP contribution in [0.25, 0.3) is 0 Å². The molecule has 4 amide bonds. The van der Waals surface area contributed by atoms with E-state index in [1.54, 1.807) is 12.1 Å². The van der Waals surface area contributed by atoms with Gasteiger partial charge in [-0.05, 0) is 36.1 Å². The zero-order valence-electron chi connectivity index (χ0n) is 25.7. The molecule has 1 fully saturated rings. The van der Waals surface area contributed by atoms with Gasteiger partial charge in [-0.25, -0.2) is 0 Å². The van der Waals surface area contributed by atoms with Crippen LogP contribution in [0.2, 0.25) is 0 Å². The first kappa shape index (κ1) is 34.4. The molecule has 46 heavy (non-hydrogen) atoms. The summed E-state index contributed by atoms with van der Waals surface area (Å²) in [6.07, 6.45) is 1.04. The van der Waals surface area contributed by atoms with E-state index in [9.17, 15) is 19.2 Å². The average Bonchev–Trinajstić information content (AvgIpc) is 3.37. The van der Waals surface area contributed by atoms with Crippen molar-refractivity contribution in [3.05, 3.63) is 71.4 Å². The molecule has 0 aromatic heterocycles. The highest BCUT2D eigenvalue weighted by molar-refractivity contribution is 6.02. The monoisotopic (exact) mass is 639 g/mol. The molecule has 0 radical (unpaired) electrons. The molecule has 2 aromatic rings. The van der Waals surface area contributed by atoms with Crippen molar-refractivity contribution in [3.8, 4) is 5.75 Å². The maximum Gasteiger partial charge on any atom is 0.258 e. The number of amides is 4. The predicted octanol–water partition coefficient (Wildman–Crippen LogP) is 0.658. The maximum atomic E-state index is 13.4. The first-order valence-corrected chi connectivity index (χ1v) is 15.1. The zero-order chi connectivity index (χ0) is 32.7. The number of carbonyl (C=O) groups is 4. The van der Waals surface area contributed by atoms with Gasteiger partial charge in [0.15, 0.2) is 6.61 Å². The van der Waals surface area contributed by atoms with Crippen LogP contribution in [0.5, 0.6) is 5.75 Å². The number of hydrogen-bond acceptors (Lipinski definition) is 10. The molecule has 14 heteroatoms. The number of rotatable bonds is 19. The number of fused-ring (bicyclic) bond motifs is 1. The van der Waals surface area contributed by atoms with Crippen LogP contribution in [0.4, 0.5) is 5.69 Å². The van der Waals surface area contributed by atoms with Gasteiger partial charge in [-0.3, -0.25) is 19.2 Å². The minimum atomic E-state index is -0.630. The van der Waals surface area contributed by atoms with E-state index in [1.165, 1.54) is 4.90 Å². The molecular formula is C32H41N5O9. The Morgan fingerprint density at radius 1 is 0.978 bits per heavy atom. The van der Waals surface area contributed by atoms with E-state index in [2.05, 4.69) is 27.8 Å². The van der Waals surface area contributed by atoms with E-state index in [0.29, 0.717) is 67.5 Å². The number of aliphatic hydroxyl groups is 1. The summed E-state index contributed by atoms with van der Waals surface area (Å²) < 4.78 is 21.3. The molecule has 0 bridgehead atoms. The average molecular weight is 640 g/mol. The Labute approximate surface area is 267 Å². The van der Waals surface area contributed by atoms with Crippen molar-refractivity contribution in [2.45, 2.75) is 32.0 Å². The Morgan fingerprint density at radius 2 is 1.72 bits per heavy atom. The lowest BCUT2D eigenvalue weighted by atomic mass is 10.0. The summed E-state index contributed by atoms with van der Waals surface area (Å²) in [7, 11) is 0. The number of hydrogen-bond donors (Lipinski definition) is 5. The summed E-state index contributed by atoms with van der Waals surface area (Å²) >= 11 is 0. The van der Waals surface area contributed by atoms with Crippen LogP contribution in [0.3, 0.4) is 0 Å². The Balaban J connectivity index is 1.33. The highest BCUT2D eigenvalue weighted by atomic mass is 16.6. The van der Waals surface area contributed by atoms with E-state index in [1.807, 2.05) is 30.3 Å². The van der Waals surface area contributed by atoms with Gasteiger partial charge >= 0.3 is 0 Å². The minimum Gasteiger partial charge on any atom is -0.482 e. The first-order valence-electron chi connectivity index (χ1n) is 15.1. The topological polar surface area (TPSA) is 177 Å². The summed E-state index contributed by atoms with van der Waals surface area (Å²) in [5, 5.41) is 19.9. The van der Waals surface area contributed by atoms with Gasteiger partial charge in [0.1, 0.15) is 18.6 Å². The van der Waals surface area contributed by atoms with Crippen molar-refractivity contribution in [2.24, 2.45) is 0 Å². The van der Waals surface area contributed by atoms with Crippen molar-refractivity contribution >= 4 is 29.3 Å². The number of nitrogens with zero attached hydrogens (tertiary/aromatic N) is 1. The highest BCUT2D eigenvalue weighted by Gasteiger charge is 2.38. The summed E-state index contributed by atoms with van der Waals surface area (Å²) in [5.74, 6) is -0.941. The smallest absolute Gasteiger partial charge is 0.258 e. The third-order valence-corrected chi connectivity index (χ3v) is 7.27. The first-order chi connectivity index (χ1) is 22.4. The minimum absolute atomic E-state index is 0.102. The van der Waals surface area contributed by atoms with Gasteiger partial charge in [-0.2, -0.15) is 0 Å². The molecule has 0 saturated carbocycles. The van der Waals surface area contributed by atoms with Crippen LogP contribution in [-0.2, 0) is 41.7 Å². The SMILES string of the molecule is C=C1CCC(N2Cc3cc(OCC(=O)NCCOCCOCCOCO)c(NCC(=O)NCc4ccccc4)cc3C2=O)C(=O)N1. The lowest BCUT2D eigenvalue weighted by Crippen LogP contribution is -2.49. The van der Waals surface area contributed by atoms with Crippen molar-refractivity contribution in [1.82, 2.24) is 20.9 Å². The molecule has 4 rings (SSSR count). The zero-order valence-corrected chi connectivity index (χ0v) is 25.7. The van der Waals surface area contributed by atoms with E-state index < -0.39 is 6.04 Å². The molecule has 248 valence electrons. The Morgan fingerprint density at radius 3 is 2.46 bits per heavy atom. The van der Waals surface area contributed by atoms with Gasteiger partial charge in [-0.15, -0.1) is 0 Å². The van der Waals surface area contributed by atoms with Gasteiger partial charge in [0, 0.05) is 30.9 Å². The van der Waals surface area contributed by atoms with Crippen molar-refractivity contribution < 1.29 is 43.2 Å². The molecule has 5 N–H and O–H groups in total. The number of carbonyl (C=O) groups excluding carboxylic acids is 4. The molecule has 1 saturated heterocycles. The number of nitrogens with one attached hydrogen (secondary N) is 4. The van der Waals surface area contributed by atoms with E-state index in [0.717, 1.165) is 5.56 Å². The molecular weight excluding hydrogens is 598 g/mol. The van der Waals surface area contributed by atoms with Crippen LogP contribution < -0.4 is 26.0 Å². The molecule has 14 nitrogen and oxygen atoms in total. The summed E-state index contributed by atoms with van der Waals surface area (Å²) in [5.41, 5.74) is 2.98. The molecule has 0 spiro atoms. The molecule has 2 aliphatic heterocycles. The number of ether oxygens (including phenoxy) is 4. The molecule has 1 atom stereocenters. The van der Waals surface area contributed by atoms with Crippen molar-refractivity contribution in [2.75, 3.05) is 64.8 Å². The maximum absolute atomic E-state index is 13.4.